The van der Waals surface area contributed by atoms with Crippen LogP contribution in [0, 0.1) is 0 Å². The molecule has 2 N–H and O–H groups in total. The molecule has 0 aliphatic heterocycles. The number of aromatic hydroxyl groups is 1. The highest BCUT2D eigenvalue weighted by molar-refractivity contribution is 5.76. The van der Waals surface area contributed by atoms with Gasteiger partial charge in [0.2, 0.25) is 5.91 Å². The number of phenolic OH excluding ortho intramolecular Hbond substituents is 1. The Kier molecular flexibility index (Phi) is 6.22. The van der Waals surface area contributed by atoms with Crippen LogP contribution in [0.25, 0.3) is 0 Å². The van der Waals surface area contributed by atoms with Crippen molar-refractivity contribution in [1.29, 1.82) is 0 Å². The molecular formula is C14H22N2O2. The molecule has 100 valence electrons. The number of benzene rings is 1. The van der Waals surface area contributed by atoms with Crippen LogP contribution in [0.2, 0.25) is 0 Å². The van der Waals surface area contributed by atoms with Gasteiger partial charge in [-0.25, -0.2) is 0 Å². The molecule has 0 aliphatic carbocycles. The summed E-state index contributed by atoms with van der Waals surface area (Å²) in [7, 11) is 4.04. The van der Waals surface area contributed by atoms with Gasteiger partial charge in [0.1, 0.15) is 5.75 Å². The number of rotatable bonds is 7. The summed E-state index contributed by atoms with van der Waals surface area (Å²) in [5.41, 5.74) is 1.07. The lowest BCUT2D eigenvalue weighted by Crippen LogP contribution is -2.27. The standard InChI is InChI=1S/C14H22N2O2/c1-16(2)11-3-10-15-14(18)9-6-12-4-7-13(17)8-5-12/h4-5,7-8,17H,3,6,9-11H2,1-2H3,(H,15,18). The van der Waals surface area contributed by atoms with Gasteiger partial charge in [-0.15, -0.1) is 0 Å². The summed E-state index contributed by atoms with van der Waals surface area (Å²) in [6.45, 7) is 1.71. The molecule has 0 unspecified atom stereocenters. The van der Waals surface area contributed by atoms with E-state index in [1.165, 1.54) is 0 Å². The van der Waals surface area contributed by atoms with Crippen LogP contribution in [0.3, 0.4) is 0 Å². The minimum Gasteiger partial charge on any atom is -0.508 e. The average molecular weight is 250 g/mol. The Hall–Kier alpha value is -1.55. The first kappa shape index (κ1) is 14.5. The largest absolute Gasteiger partial charge is 0.508 e. The third kappa shape index (κ3) is 6.25. The maximum Gasteiger partial charge on any atom is 0.220 e. The summed E-state index contributed by atoms with van der Waals surface area (Å²) in [6, 6.07) is 6.97. The summed E-state index contributed by atoms with van der Waals surface area (Å²) >= 11 is 0. The van der Waals surface area contributed by atoms with Crippen molar-refractivity contribution >= 4 is 5.91 Å². The first-order chi connectivity index (χ1) is 8.58. The second-order valence-electron chi connectivity index (χ2n) is 4.67. The van der Waals surface area contributed by atoms with Gasteiger partial charge in [0.25, 0.3) is 0 Å². The van der Waals surface area contributed by atoms with Crippen molar-refractivity contribution in [2.45, 2.75) is 19.3 Å². The van der Waals surface area contributed by atoms with Crippen molar-refractivity contribution in [3.8, 4) is 5.75 Å². The highest BCUT2D eigenvalue weighted by atomic mass is 16.3. The summed E-state index contributed by atoms with van der Waals surface area (Å²) in [5.74, 6) is 0.341. The van der Waals surface area contributed by atoms with Crippen LogP contribution >= 0.6 is 0 Å². The third-order valence-electron chi connectivity index (χ3n) is 2.68. The number of carbonyl (C=O) groups is 1. The van der Waals surface area contributed by atoms with E-state index in [1.54, 1.807) is 12.1 Å². The first-order valence-corrected chi connectivity index (χ1v) is 6.27. The van der Waals surface area contributed by atoms with E-state index in [4.69, 9.17) is 5.11 Å². The molecule has 18 heavy (non-hydrogen) atoms. The molecule has 0 saturated heterocycles. The molecule has 0 atom stereocenters. The van der Waals surface area contributed by atoms with E-state index >= 15 is 0 Å². The fraction of sp³-hybridized carbons (Fsp3) is 0.500. The van der Waals surface area contributed by atoms with Crippen molar-refractivity contribution in [2.24, 2.45) is 0 Å². The monoisotopic (exact) mass is 250 g/mol. The fourth-order valence-corrected chi connectivity index (χ4v) is 1.63. The highest BCUT2D eigenvalue weighted by Crippen LogP contribution is 2.10. The first-order valence-electron chi connectivity index (χ1n) is 6.27. The number of hydrogen-bond donors (Lipinski definition) is 2. The second-order valence-corrected chi connectivity index (χ2v) is 4.67. The molecular weight excluding hydrogens is 228 g/mol. The van der Waals surface area contributed by atoms with E-state index in [0.717, 1.165) is 25.1 Å². The predicted octanol–water partition coefficient (Wildman–Crippen LogP) is 1.39. The molecule has 4 nitrogen and oxygen atoms in total. The van der Waals surface area contributed by atoms with E-state index in [9.17, 15) is 4.79 Å². The SMILES string of the molecule is CN(C)CCCNC(=O)CCc1ccc(O)cc1. The van der Waals surface area contributed by atoms with Gasteiger partial charge in [0, 0.05) is 13.0 Å². The van der Waals surface area contributed by atoms with Gasteiger partial charge in [-0.2, -0.15) is 0 Å². The maximum absolute atomic E-state index is 11.6. The Balaban J connectivity index is 2.15. The average Bonchev–Trinajstić information content (AvgIpc) is 2.34. The molecule has 1 rings (SSSR count). The summed E-state index contributed by atoms with van der Waals surface area (Å²) in [5, 5.41) is 12.0. The smallest absolute Gasteiger partial charge is 0.220 e. The minimum atomic E-state index is 0.0850. The van der Waals surface area contributed by atoms with E-state index in [-0.39, 0.29) is 11.7 Å². The van der Waals surface area contributed by atoms with Gasteiger partial charge >= 0.3 is 0 Å². The van der Waals surface area contributed by atoms with Gasteiger partial charge in [-0.3, -0.25) is 4.79 Å². The van der Waals surface area contributed by atoms with Crippen LogP contribution in [-0.2, 0) is 11.2 Å². The fourth-order valence-electron chi connectivity index (χ4n) is 1.63. The topological polar surface area (TPSA) is 52.6 Å². The zero-order valence-corrected chi connectivity index (χ0v) is 11.1. The Morgan fingerprint density at radius 3 is 2.56 bits per heavy atom. The molecule has 4 heteroatoms. The van der Waals surface area contributed by atoms with E-state index < -0.39 is 0 Å². The number of nitrogens with zero attached hydrogens (tertiary/aromatic N) is 1. The summed E-state index contributed by atoms with van der Waals surface area (Å²) in [4.78, 5) is 13.7. The normalized spacial score (nSPS) is 10.6. The number of phenols is 1. The molecule has 1 aromatic rings. The number of carbonyl (C=O) groups excluding carboxylic acids is 1. The summed E-state index contributed by atoms with van der Waals surface area (Å²) < 4.78 is 0. The molecule has 0 saturated carbocycles. The van der Waals surface area contributed by atoms with E-state index in [0.29, 0.717) is 12.8 Å². The maximum atomic E-state index is 11.6. The molecule has 0 spiro atoms. The van der Waals surface area contributed by atoms with Gasteiger partial charge in [-0.1, -0.05) is 12.1 Å². The molecule has 1 aromatic carbocycles. The lowest BCUT2D eigenvalue weighted by atomic mass is 10.1. The van der Waals surface area contributed by atoms with Crippen molar-refractivity contribution in [2.75, 3.05) is 27.2 Å². The zero-order chi connectivity index (χ0) is 13.4. The van der Waals surface area contributed by atoms with Gasteiger partial charge in [0.15, 0.2) is 0 Å². The lowest BCUT2D eigenvalue weighted by Gasteiger charge is -2.09. The van der Waals surface area contributed by atoms with Crippen LogP contribution in [0.5, 0.6) is 5.75 Å². The molecule has 0 radical (unpaired) electrons. The van der Waals surface area contributed by atoms with E-state index in [1.807, 2.05) is 26.2 Å². The molecule has 0 aromatic heterocycles. The van der Waals surface area contributed by atoms with Crippen molar-refractivity contribution in [3.05, 3.63) is 29.8 Å². The molecule has 0 aliphatic rings. The van der Waals surface area contributed by atoms with Gasteiger partial charge < -0.3 is 15.3 Å². The van der Waals surface area contributed by atoms with Crippen molar-refractivity contribution in [3.63, 3.8) is 0 Å². The Morgan fingerprint density at radius 1 is 1.28 bits per heavy atom. The van der Waals surface area contributed by atoms with Crippen LogP contribution in [0.1, 0.15) is 18.4 Å². The quantitative estimate of drug-likeness (QED) is 0.719. The van der Waals surface area contributed by atoms with Crippen LogP contribution in [-0.4, -0.2) is 43.1 Å². The Labute approximate surface area is 109 Å². The van der Waals surface area contributed by atoms with E-state index in [2.05, 4.69) is 10.2 Å². The Morgan fingerprint density at radius 2 is 1.94 bits per heavy atom. The highest BCUT2D eigenvalue weighted by Gasteiger charge is 2.02. The van der Waals surface area contributed by atoms with Crippen LogP contribution < -0.4 is 5.32 Å². The van der Waals surface area contributed by atoms with Crippen LogP contribution in [0.4, 0.5) is 0 Å². The Bertz CT molecular complexity index is 361. The number of amides is 1. The minimum absolute atomic E-state index is 0.0850. The van der Waals surface area contributed by atoms with Gasteiger partial charge in [0.05, 0.1) is 0 Å². The van der Waals surface area contributed by atoms with Crippen molar-refractivity contribution < 1.29 is 9.90 Å². The molecule has 0 heterocycles. The molecule has 0 bridgehead atoms. The van der Waals surface area contributed by atoms with Gasteiger partial charge in [-0.05, 0) is 51.2 Å². The number of hydrogen-bond acceptors (Lipinski definition) is 3. The van der Waals surface area contributed by atoms with Crippen molar-refractivity contribution in [1.82, 2.24) is 10.2 Å². The molecule has 1 amide bonds. The number of aryl methyl sites for hydroxylation is 1. The molecule has 0 fully saturated rings. The summed E-state index contributed by atoms with van der Waals surface area (Å²) in [6.07, 6.45) is 2.17. The number of nitrogens with one attached hydrogen (secondary N) is 1. The third-order valence-corrected chi connectivity index (χ3v) is 2.68. The zero-order valence-electron chi connectivity index (χ0n) is 11.1. The predicted molar refractivity (Wildman–Crippen MR) is 72.6 cm³/mol. The van der Waals surface area contributed by atoms with Crippen LogP contribution in [0.15, 0.2) is 24.3 Å². The second kappa shape index (κ2) is 7.71. The lowest BCUT2D eigenvalue weighted by molar-refractivity contribution is -0.121.